The molecule has 0 saturated carbocycles. The Kier molecular flexibility index (Phi) is 3.78. The number of carbonyl (C=O) groups is 1. The molecule has 0 aliphatic carbocycles. The number of nitrogens with zero attached hydrogens (tertiary/aromatic N) is 3. The minimum atomic E-state index is -0.188. The van der Waals surface area contributed by atoms with E-state index in [4.69, 9.17) is 0 Å². The van der Waals surface area contributed by atoms with Gasteiger partial charge in [-0.05, 0) is 49.6 Å². The van der Waals surface area contributed by atoms with E-state index in [1.165, 1.54) is 11.1 Å². The molecular formula is C19H25N3O. The van der Waals surface area contributed by atoms with Gasteiger partial charge in [0.25, 0.3) is 5.91 Å². The quantitative estimate of drug-likeness (QED) is 0.846. The lowest BCUT2D eigenvalue weighted by Crippen LogP contribution is -2.28. The van der Waals surface area contributed by atoms with Gasteiger partial charge in [0, 0.05) is 23.8 Å². The Bertz CT molecular complexity index is 719. The van der Waals surface area contributed by atoms with Crippen molar-refractivity contribution >= 4 is 11.6 Å². The van der Waals surface area contributed by atoms with E-state index < -0.39 is 0 Å². The van der Waals surface area contributed by atoms with Gasteiger partial charge in [-0.3, -0.25) is 9.48 Å². The fourth-order valence-corrected chi connectivity index (χ4v) is 3.18. The molecule has 1 atom stereocenters. The molecule has 0 N–H and O–H groups in total. The molecule has 0 radical (unpaired) electrons. The fourth-order valence-electron chi connectivity index (χ4n) is 3.18. The molecule has 1 fully saturated rings. The maximum atomic E-state index is 12.9. The highest BCUT2D eigenvalue weighted by Crippen LogP contribution is 2.30. The van der Waals surface area contributed by atoms with Crippen molar-refractivity contribution < 1.29 is 4.79 Å². The van der Waals surface area contributed by atoms with Gasteiger partial charge < -0.3 is 4.90 Å². The first kappa shape index (κ1) is 15.8. The molecule has 1 unspecified atom stereocenters. The summed E-state index contributed by atoms with van der Waals surface area (Å²) >= 11 is 0. The van der Waals surface area contributed by atoms with E-state index in [-0.39, 0.29) is 17.4 Å². The molecule has 0 bridgehead atoms. The van der Waals surface area contributed by atoms with Gasteiger partial charge in [0.05, 0.1) is 5.69 Å². The number of anilines is 1. The van der Waals surface area contributed by atoms with Crippen LogP contribution in [-0.4, -0.2) is 22.2 Å². The number of hydrogen-bond donors (Lipinski definition) is 0. The van der Waals surface area contributed by atoms with Crippen LogP contribution in [-0.2, 0) is 10.2 Å². The van der Waals surface area contributed by atoms with E-state index >= 15 is 0 Å². The molecule has 3 rings (SSSR count). The summed E-state index contributed by atoms with van der Waals surface area (Å²) in [6, 6.07) is 8.12. The third-order valence-corrected chi connectivity index (χ3v) is 4.39. The average molecular weight is 311 g/mol. The van der Waals surface area contributed by atoms with Crippen molar-refractivity contribution in [3.63, 3.8) is 0 Å². The first-order valence-corrected chi connectivity index (χ1v) is 8.21. The molecule has 1 aliphatic rings. The number of rotatable bonds is 2. The maximum Gasteiger partial charge on any atom is 0.251 e. The molecule has 2 aromatic rings. The molecule has 2 heterocycles. The van der Waals surface area contributed by atoms with Crippen LogP contribution < -0.4 is 4.90 Å². The maximum absolute atomic E-state index is 12.9. The van der Waals surface area contributed by atoms with E-state index in [2.05, 4.69) is 57.9 Å². The lowest BCUT2D eigenvalue weighted by atomic mass is 9.93. The zero-order valence-electron chi connectivity index (χ0n) is 14.6. The van der Waals surface area contributed by atoms with Gasteiger partial charge in [0.15, 0.2) is 0 Å². The largest absolute Gasteiger partial charge is 0.310 e. The van der Waals surface area contributed by atoms with Crippen LogP contribution in [0.4, 0.5) is 5.69 Å². The lowest BCUT2D eigenvalue weighted by molar-refractivity contribution is -0.120. The van der Waals surface area contributed by atoms with Crippen LogP contribution >= 0.6 is 0 Å². The van der Waals surface area contributed by atoms with E-state index in [1.54, 1.807) is 0 Å². The summed E-state index contributed by atoms with van der Waals surface area (Å²) in [6.07, 6.45) is 2.74. The molecule has 1 saturated heterocycles. The van der Waals surface area contributed by atoms with Crippen LogP contribution in [0, 0.1) is 13.8 Å². The second-order valence-electron chi connectivity index (χ2n) is 7.57. The van der Waals surface area contributed by atoms with Crippen molar-refractivity contribution in [1.29, 1.82) is 0 Å². The summed E-state index contributed by atoms with van der Waals surface area (Å²) in [5.41, 5.74) is 4.39. The number of benzene rings is 1. The van der Waals surface area contributed by atoms with Crippen LogP contribution in [0.5, 0.6) is 0 Å². The van der Waals surface area contributed by atoms with Crippen LogP contribution in [0.1, 0.15) is 50.1 Å². The Hall–Kier alpha value is -2.10. The second-order valence-corrected chi connectivity index (χ2v) is 7.57. The Morgan fingerprint density at radius 3 is 2.35 bits per heavy atom. The minimum absolute atomic E-state index is 0.000241. The monoisotopic (exact) mass is 311 g/mol. The van der Waals surface area contributed by atoms with Crippen molar-refractivity contribution in [2.75, 3.05) is 11.4 Å². The third kappa shape index (κ3) is 3.03. The number of aromatic nitrogens is 2. The Labute approximate surface area is 138 Å². The van der Waals surface area contributed by atoms with Crippen LogP contribution in [0.25, 0.3) is 0 Å². The number of carbonyl (C=O) groups excluding carboxylic acids is 1. The van der Waals surface area contributed by atoms with E-state index in [0.717, 1.165) is 24.3 Å². The highest BCUT2D eigenvalue weighted by Gasteiger charge is 2.35. The summed E-state index contributed by atoms with van der Waals surface area (Å²) in [5.74, 6) is 0.138. The molecule has 122 valence electrons. The average Bonchev–Trinajstić information content (AvgIpc) is 3.03. The summed E-state index contributed by atoms with van der Waals surface area (Å²) < 4.78 is 1.84. The number of aryl methyl sites for hydroxylation is 2. The fraction of sp³-hybridized carbons (Fsp3) is 0.474. The van der Waals surface area contributed by atoms with Crippen molar-refractivity contribution in [3.8, 4) is 0 Å². The highest BCUT2D eigenvalue weighted by atomic mass is 16.2. The molecular weight excluding hydrogens is 286 g/mol. The van der Waals surface area contributed by atoms with Crippen molar-refractivity contribution in [2.24, 2.45) is 0 Å². The zero-order chi connectivity index (χ0) is 16.8. The topological polar surface area (TPSA) is 38.1 Å². The number of hydrogen-bond acceptors (Lipinski definition) is 2. The third-order valence-electron chi connectivity index (χ3n) is 4.39. The predicted molar refractivity (Wildman–Crippen MR) is 92.9 cm³/mol. The Morgan fingerprint density at radius 1 is 1.13 bits per heavy atom. The first-order valence-electron chi connectivity index (χ1n) is 8.21. The molecule has 1 aromatic heterocycles. The van der Waals surface area contributed by atoms with Gasteiger partial charge >= 0.3 is 0 Å². The van der Waals surface area contributed by atoms with Gasteiger partial charge in [-0.1, -0.05) is 26.8 Å². The Balaban J connectivity index is 1.85. The molecule has 1 amide bonds. The van der Waals surface area contributed by atoms with Crippen molar-refractivity contribution in [1.82, 2.24) is 9.78 Å². The second kappa shape index (κ2) is 5.52. The van der Waals surface area contributed by atoms with E-state index in [0.29, 0.717) is 0 Å². The van der Waals surface area contributed by atoms with E-state index in [9.17, 15) is 4.79 Å². The smallest absolute Gasteiger partial charge is 0.251 e. The molecule has 1 aromatic carbocycles. The molecule has 0 spiro atoms. The molecule has 4 nitrogen and oxygen atoms in total. The molecule has 1 aliphatic heterocycles. The van der Waals surface area contributed by atoms with Crippen molar-refractivity contribution in [3.05, 3.63) is 47.3 Å². The van der Waals surface area contributed by atoms with Gasteiger partial charge in [0.1, 0.15) is 6.04 Å². The molecule has 23 heavy (non-hydrogen) atoms. The van der Waals surface area contributed by atoms with Gasteiger partial charge in [-0.2, -0.15) is 5.10 Å². The zero-order valence-corrected chi connectivity index (χ0v) is 14.6. The number of amides is 1. The lowest BCUT2D eigenvalue weighted by Gasteiger charge is -2.18. The Morgan fingerprint density at radius 2 is 1.78 bits per heavy atom. The highest BCUT2D eigenvalue weighted by molar-refractivity contribution is 5.98. The summed E-state index contributed by atoms with van der Waals surface area (Å²) in [6.45, 7) is 11.3. The summed E-state index contributed by atoms with van der Waals surface area (Å²) in [7, 11) is 0. The standard InChI is InChI=1S/C19H25N3O/c1-13-10-14(2)12-15(11-13)21-8-6-16(18(21)23)22-9-7-17(20-22)19(3,4)5/h7,9-12,16H,6,8H2,1-5H3. The SMILES string of the molecule is Cc1cc(C)cc(N2CCC(n3ccc(C(C)(C)C)n3)C2=O)c1. The van der Waals surface area contributed by atoms with Crippen LogP contribution in [0.15, 0.2) is 30.5 Å². The first-order chi connectivity index (χ1) is 10.8. The van der Waals surface area contributed by atoms with E-state index in [1.807, 2.05) is 21.8 Å². The summed E-state index contributed by atoms with van der Waals surface area (Å²) in [4.78, 5) is 14.7. The van der Waals surface area contributed by atoms with Gasteiger partial charge in [-0.15, -0.1) is 0 Å². The van der Waals surface area contributed by atoms with Crippen LogP contribution in [0.3, 0.4) is 0 Å². The summed E-state index contributed by atoms with van der Waals surface area (Å²) in [5, 5.41) is 4.65. The van der Waals surface area contributed by atoms with Crippen LogP contribution in [0.2, 0.25) is 0 Å². The predicted octanol–water partition coefficient (Wildman–Crippen LogP) is 3.78. The normalized spacial score (nSPS) is 18.7. The minimum Gasteiger partial charge on any atom is -0.310 e. The van der Waals surface area contributed by atoms with Crippen molar-refractivity contribution in [2.45, 2.75) is 52.5 Å². The van der Waals surface area contributed by atoms with Gasteiger partial charge in [-0.25, -0.2) is 0 Å². The molecule has 4 heteroatoms. The van der Waals surface area contributed by atoms with Gasteiger partial charge in [0.2, 0.25) is 0 Å².